The van der Waals surface area contributed by atoms with Gasteiger partial charge in [0.2, 0.25) is 16.9 Å². The molecule has 0 N–H and O–H groups in total. The van der Waals surface area contributed by atoms with E-state index in [4.69, 9.17) is 0 Å². The summed E-state index contributed by atoms with van der Waals surface area (Å²) in [5.41, 5.74) is 10.6. The standard InChI is InChI=1S/C49H36N3/c1-33-15-3-7-19-37(33)46-39-21-9-5-17-35(39)28-31-51(46)49-44-26-14-12-24-42(44)47-40-22-10-6-18-36(40)29-32-52(47)48(49)43-25-13-11-23-41(43)45-38-20-8-4-16-34(38)27-30-50(45)2/h3-32H,1-2H3/q+3. The Balaban J connectivity index is 1.46. The van der Waals surface area contributed by atoms with E-state index in [1.807, 2.05) is 0 Å². The van der Waals surface area contributed by atoms with Crippen molar-refractivity contribution in [3.8, 4) is 39.5 Å². The van der Waals surface area contributed by atoms with Gasteiger partial charge in [-0.2, -0.15) is 8.97 Å². The van der Waals surface area contributed by atoms with E-state index in [2.05, 4.69) is 210 Å². The van der Waals surface area contributed by atoms with Crippen LogP contribution in [0.2, 0.25) is 0 Å². The molecule has 10 rings (SSSR count). The van der Waals surface area contributed by atoms with Crippen LogP contribution >= 0.6 is 0 Å². The van der Waals surface area contributed by atoms with E-state index in [9.17, 15) is 0 Å². The van der Waals surface area contributed by atoms with Gasteiger partial charge in [0.15, 0.2) is 18.6 Å². The molecule has 0 saturated heterocycles. The SMILES string of the molecule is Cc1ccccc1-c1c2ccccc2cc[n+]1-c1c(-c2ccccc2-c2c3ccccc3cc[n+]2C)[n+]2ccc3ccccc3c2c2ccccc12. The van der Waals surface area contributed by atoms with Gasteiger partial charge >= 0.3 is 0 Å². The summed E-state index contributed by atoms with van der Waals surface area (Å²) in [5, 5.41) is 9.73. The Morgan fingerprint density at radius 1 is 0.365 bits per heavy atom. The normalized spacial score (nSPS) is 11.7. The molecule has 52 heavy (non-hydrogen) atoms. The minimum Gasteiger partial charge on any atom is -0.200 e. The van der Waals surface area contributed by atoms with Crippen molar-refractivity contribution in [1.82, 2.24) is 0 Å². The van der Waals surface area contributed by atoms with Crippen LogP contribution in [0.15, 0.2) is 182 Å². The average molecular weight is 667 g/mol. The van der Waals surface area contributed by atoms with Gasteiger partial charge < -0.3 is 0 Å². The molecular weight excluding hydrogens is 631 g/mol. The summed E-state index contributed by atoms with van der Waals surface area (Å²) in [5.74, 6) is 0. The highest BCUT2D eigenvalue weighted by Gasteiger charge is 2.36. The molecule has 3 heteroatoms. The lowest BCUT2D eigenvalue weighted by atomic mass is 9.92. The zero-order valence-electron chi connectivity index (χ0n) is 29.2. The summed E-state index contributed by atoms with van der Waals surface area (Å²) in [7, 11) is 2.16. The number of rotatable bonds is 4. The predicted molar refractivity (Wildman–Crippen MR) is 213 cm³/mol. The van der Waals surface area contributed by atoms with Gasteiger partial charge in [-0.3, -0.25) is 0 Å². The number of aromatic nitrogens is 3. The number of fused-ring (bicyclic) bond motifs is 7. The van der Waals surface area contributed by atoms with Crippen molar-refractivity contribution in [3.63, 3.8) is 0 Å². The molecule has 0 fully saturated rings. The molecule has 0 aliphatic carbocycles. The Bertz CT molecular complexity index is 3050. The van der Waals surface area contributed by atoms with Gasteiger partial charge in [-0.05, 0) is 77.2 Å². The minimum atomic E-state index is 1.14. The third kappa shape index (κ3) is 4.56. The van der Waals surface area contributed by atoms with Crippen LogP contribution < -0.4 is 13.5 Å². The fraction of sp³-hybridized carbons (Fsp3) is 0.0408. The molecule has 4 heterocycles. The molecule has 6 aromatic carbocycles. The zero-order valence-corrected chi connectivity index (χ0v) is 29.2. The molecule has 3 nitrogen and oxygen atoms in total. The van der Waals surface area contributed by atoms with Crippen LogP contribution in [0.1, 0.15) is 5.56 Å². The first-order valence-corrected chi connectivity index (χ1v) is 17.9. The molecule has 0 radical (unpaired) electrons. The largest absolute Gasteiger partial charge is 0.292 e. The summed E-state index contributed by atoms with van der Waals surface area (Å²) < 4.78 is 7.18. The fourth-order valence-corrected chi connectivity index (χ4v) is 8.38. The highest BCUT2D eigenvalue weighted by atomic mass is 15.0. The van der Waals surface area contributed by atoms with Crippen molar-refractivity contribution in [2.45, 2.75) is 6.92 Å². The molecule has 0 saturated carbocycles. The third-order valence-corrected chi connectivity index (χ3v) is 10.7. The van der Waals surface area contributed by atoms with Crippen LogP contribution in [-0.2, 0) is 7.05 Å². The zero-order chi connectivity index (χ0) is 34.8. The Labute approximate surface area is 302 Å². The number of benzene rings is 6. The van der Waals surface area contributed by atoms with Gasteiger partial charge in [0.05, 0.1) is 43.6 Å². The predicted octanol–water partition coefficient (Wildman–Crippen LogP) is 10.4. The Kier molecular flexibility index (Phi) is 6.94. The Hall–Kier alpha value is -6.71. The molecule has 10 aromatic rings. The van der Waals surface area contributed by atoms with Gasteiger partial charge in [0, 0.05) is 18.2 Å². The first-order chi connectivity index (χ1) is 25.7. The number of hydrogen-bond acceptors (Lipinski definition) is 0. The van der Waals surface area contributed by atoms with E-state index in [0.717, 1.165) is 16.9 Å². The molecule has 0 spiro atoms. The number of hydrogen-bond donors (Lipinski definition) is 0. The summed E-state index contributed by atoms with van der Waals surface area (Å²) in [4.78, 5) is 0. The smallest absolute Gasteiger partial charge is 0.200 e. The van der Waals surface area contributed by atoms with Crippen LogP contribution in [-0.4, -0.2) is 0 Å². The van der Waals surface area contributed by atoms with Gasteiger partial charge in [-0.25, -0.2) is 4.57 Å². The van der Waals surface area contributed by atoms with E-state index in [0.29, 0.717) is 0 Å². The molecule has 244 valence electrons. The van der Waals surface area contributed by atoms with Crippen molar-refractivity contribution in [2.24, 2.45) is 7.05 Å². The lowest BCUT2D eigenvalue weighted by molar-refractivity contribution is -0.659. The lowest BCUT2D eigenvalue weighted by Gasteiger charge is -2.15. The highest BCUT2D eigenvalue weighted by Crippen LogP contribution is 2.40. The van der Waals surface area contributed by atoms with Crippen LogP contribution in [0.5, 0.6) is 0 Å². The number of nitrogens with zero attached hydrogens (tertiary/aromatic N) is 3. The molecule has 0 aliphatic heterocycles. The Morgan fingerprint density at radius 2 is 0.846 bits per heavy atom. The summed E-state index contributed by atoms with van der Waals surface area (Å²) in [6.07, 6.45) is 6.74. The van der Waals surface area contributed by atoms with E-state index in [1.54, 1.807) is 0 Å². The molecule has 0 amide bonds. The van der Waals surface area contributed by atoms with Crippen molar-refractivity contribution < 1.29 is 13.5 Å². The molecule has 0 bridgehead atoms. The molecule has 0 unspecified atom stereocenters. The second-order valence-corrected chi connectivity index (χ2v) is 13.7. The quantitative estimate of drug-likeness (QED) is 0.131. The van der Waals surface area contributed by atoms with Crippen molar-refractivity contribution in [3.05, 3.63) is 188 Å². The summed E-state index contributed by atoms with van der Waals surface area (Å²) in [6, 6.07) is 59.7. The second kappa shape index (κ2) is 12.0. The van der Waals surface area contributed by atoms with E-state index in [-0.39, 0.29) is 0 Å². The van der Waals surface area contributed by atoms with E-state index in [1.165, 1.54) is 76.7 Å². The lowest BCUT2D eigenvalue weighted by Crippen LogP contribution is -2.39. The minimum absolute atomic E-state index is 1.14. The van der Waals surface area contributed by atoms with Crippen LogP contribution in [0.4, 0.5) is 0 Å². The highest BCUT2D eigenvalue weighted by molar-refractivity contribution is 6.11. The maximum absolute atomic E-state index is 2.46. The first-order valence-electron chi connectivity index (χ1n) is 17.9. The van der Waals surface area contributed by atoms with E-state index >= 15 is 0 Å². The second-order valence-electron chi connectivity index (χ2n) is 13.7. The summed E-state index contributed by atoms with van der Waals surface area (Å²) >= 11 is 0. The third-order valence-electron chi connectivity index (χ3n) is 10.7. The van der Waals surface area contributed by atoms with Crippen molar-refractivity contribution in [1.29, 1.82) is 0 Å². The maximum Gasteiger partial charge on any atom is 0.292 e. The van der Waals surface area contributed by atoms with Crippen molar-refractivity contribution >= 4 is 48.6 Å². The van der Waals surface area contributed by atoms with Gasteiger partial charge in [-0.1, -0.05) is 97.1 Å². The average Bonchev–Trinajstić information content (AvgIpc) is 3.20. The van der Waals surface area contributed by atoms with Gasteiger partial charge in [0.25, 0.3) is 11.4 Å². The molecule has 4 aromatic heterocycles. The topological polar surface area (TPSA) is 11.9 Å². The van der Waals surface area contributed by atoms with Crippen LogP contribution in [0, 0.1) is 6.92 Å². The van der Waals surface area contributed by atoms with Gasteiger partial charge in [-0.15, -0.1) is 0 Å². The number of pyridine rings is 4. The van der Waals surface area contributed by atoms with Crippen LogP contribution in [0.25, 0.3) is 88.1 Å². The molecular formula is C49H36N3+3. The first kappa shape index (κ1) is 30.1. The molecule has 0 aliphatic rings. The van der Waals surface area contributed by atoms with Crippen molar-refractivity contribution in [2.75, 3.05) is 0 Å². The number of aryl methyl sites for hydroxylation is 2. The monoisotopic (exact) mass is 666 g/mol. The summed E-state index contributed by atoms with van der Waals surface area (Å²) in [6.45, 7) is 2.22. The van der Waals surface area contributed by atoms with Gasteiger partial charge in [0.1, 0.15) is 7.05 Å². The molecule has 0 atom stereocenters. The van der Waals surface area contributed by atoms with Crippen LogP contribution in [0.3, 0.4) is 0 Å². The fourth-order valence-electron chi connectivity index (χ4n) is 8.38. The maximum atomic E-state index is 2.46. The Morgan fingerprint density at radius 3 is 1.54 bits per heavy atom. The van der Waals surface area contributed by atoms with E-state index < -0.39 is 0 Å².